The van der Waals surface area contributed by atoms with Crippen molar-refractivity contribution in [3.05, 3.63) is 0 Å². The van der Waals surface area contributed by atoms with Gasteiger partial charge in [-0.25, -0.2) is 4.79 Å². The fraction of sp³-hybridized carbons (Fsp3) is 0.800. The van der Waals surface area contributed by atoms with E-state index in [-0.39, 0.29) is 0 Å². The Morgan fingerprint density at radius 1 is 1.60 bits per heavy atom. The Kier molecular flexibility index (Phi) is 4.02. The highest BCUT2D eigenvalue weighted by molar-refractivity contribution is 7.81. The fourth-order valence-electron chi connectivity index (χ4n) is 1.52. The first-order chi connectivity index (χ1) is 6.91. The topological polar surface area (TPSA) is 61.7 Å². The van der Waals surface area contributed by atoms with Gasteiger partial charge in [-0.05, 0) is 26.7 Å². The molecule has 86 valence electrons. The zero-order chi connectivity index (χ0) is 11.5. The third-order valence-corrected chi connectivity index (χ3v) is 2.65. The van der Waals surface area contributed by atoms with Gasteiger partial charge in [-0.1, -0.05) is 0 Å². The average Bonchev–Trinajstić information content (AvgIpc) is 2.13. The van der Waals surface area contributed by atoms with Crippen LogP contribution in [0, 0.1) is 0 Å². The largest absolute Gasteiger partial charge is 0.480 e. The van der Waals surface area contributed by atoms with Gasteiger partial charge in [0.2, 0.25) is 0 Å². The Morgan fingerprint density at radius 2 is 2.27 bits per heavy atom. The maximum Gasteiger partial charge on any atom is 0.327 e. The van der Waals surface area contributed by atoms with Gasteiger partial charge in [0.05, 0.1) is 5.84 Å². The van der Waals surface area contributed by atoms with Crippen LogP contribution in [0.25, 0.3) is 0 Å². The quantitative estimate of drug-likeness (QED) is 0.641. The van der Waals surface area contributed by atoms with Gasteiger partial charge < -0.3 is 10.4 Å². The number of nitrogens with one attached hydrogen (secondary N) is 1. The molecule has 0 amide bonds. The van der Waals surface area contributed by atoms with Crippen LogP contribution in [0.3, 0.4) is 0 Å². The van der Waals surface area contributed by atoms with Gasteiger partial charge in [-0.2, -0.15) is 12.6 Å². The molecule has 0 spiro atoms. The monoisotopic (exact) mass is 230 g/mol. The van der Waals surface area contributed by atoms with Crippen LogP contribution in [-0.2, 0) is 4.79 Å². The lowest BCUT2D eigenvalue weighted by atomic mass is 10.0. The number of aliphatic carboxylic acids is 1. The Morgan fingerprint density at radius 3 is 2.67 bits per heavy atom. The summed E-state index contributed by atoms with van der Waals surface area (Å²) in [7, 11) is 0. The Bertz CT molecular complexity index is 271. The molecule has 0 saturated carbocycles. The smallest absolute Gasteiger partial charge is 0.327 e. The van der Waals surface area contributed by atoms with Crippen LogP contribution in [0.2, 0.25) is 0 Å². The third kappa shape index (κ3) is 3.74. The van der Waals surface area contributed by atoms with Gasteiger partial charge >= 0.3 is 5.97 Å². The second kappa shape index (κ2) is 4.88. The first-order valence-corrected chi connectivity index (χ1v) is 5.61. The van der Waals surface area contributed by atoms with Crippen LogP contribution in [0.1, 0.15) is 33.1 Å². The molecule has 0 aromatic rings. The molecule has 15 heavy (non-hydrogen) atoms. The summed E-state index contributed by atoms with van der Waals surface area (Å²) in [5.41, 5.74) is 0. The minimum atomic E-state index is -0.886. The van der Waals surface area contributed by atoms with Crippen molar-refractivity contribution in [1.82, 2.24) is 5.32 Å². The Labute approximate surface area is 95.6 Å². The third-order valence-electron chi connectivity index (χ3n) is 2.39. The number of thiol groups is 1. The number of carbonyl (C=O) groups is 1. The number of hydrogen-bond donors (Lipinski definition) is 3. The predicted octanol–water partition coefficient (Wildman–Crippen LogP) is 1.32. The molecule has 1 rings (SSSR count). The molecule has 0 radical (unpaired) electrons. The number of hydrogen-bond acceptors (Lipinski definition) is 4. The van der Waals surface area contributed by atoms with Crippen LogP contribution in [0.5, 0.6) is 0 Å². The molecule has 0 fully saturated rings. The van der Waals surface area contributed by atoms with Crippen LogP contribution < -0.4 is 5.32 Å². The molecule has 2 N–H and O–H groups in total. The van der Waals surface area contributed by atoms with Crippen LogP contribution >= 0.6 is 12.6 Å². The molecule has 0 aromatic heterocycles. The number of carboxylic acids is 1. The van der Waals surface area contributed by atoms with Crippen molar-refractivity contribution in [1.29, 1.82) is 0 Å². The maximum absolute atomic E-state index is 11.1. The molecule has 0 unspecified atom stereocenters. The fourth-order valence-corrected chi connectivity index (χ4v) is 1.70. The van der Waals surface area contributed by atoms with E-state index in [0.717, 1.165) is 31.6 Å². The van der Waals surface area contributed by atoms with E-state index < -0.39 is 16.8 Å². The summed E-state index contributed by atoms with van der Waals surface area (Å²) in [6.07, 6.45) is 3.01. The van der Waals surface area contributed by atoms with Gasteiger partial charge in [0.25, 0.3) is 0 Å². The maximum atomic E-state index is 11.1. The van der Waals surface area contributed by atoms with Crippen LogP contribution in [0.4, 0.5) is 0 Å². The summed E-state index contributed by atoms with van der Waals surface area (Å²) in [4.78, 5) is 15.3. The lowest BCUT2D eigenvalue weighted by Crippen LogP contribution is -2.51. The molecule has 1 aliphatic heterocycles. The molecule has 0 bridgehead atoms. The van der Waals surface area contributed by atoms with Crippen LogP contribution in [-0.4, -0.2) is 34.2 Å². The van der Waals surface area contributed by atoms with Gasteiger partial charge in [-0.15, -0.1) is 0 Å². The SMILES string of the molecule is CC(C)(S)[C@H](NC1=NCCCC1)C(=O)O. The van der Waals surface area contributed by atoms with Gasteiger partial charge in [0.15, 0.2) is 0 Å². The lowest BCUT2D eigenvalue weighted by Gasteiger charge is -2.29. The van der Waals surface area contributed by atoms with E-state index in [2.05, 4.69) is 22.9 Å². The summed E-state index contributed by atoms with van der Waals surface area (Å²) < 4.78 is -0.605. The van der Waals surface area contributed by atoms with E-state index in [1.54, 1.807) is 13.8 Å². The van der Waals surface area contributed by atoms with Gasteiger partial charge in [0, 0.05) is 17.7 Å². The number of rotatable bonds is 3. The molecule has 0 saturated heterocycles. The molecule has 0 aromatic carbocycles. The van der Waals surface area contributed by atoms with E-state index in [0.29, 0.717) is 0 Å². The number of nitrogens with zero attached hydrogens (tertiary/aromatic N) is 1. The van der Waals surface area contributed by atoms with E-state index in [9.17, 15) is 4.79 Å². The standard InChI is InChI=1S/C10H18N2O2S/c1-10(2,15)8(9(13)14)12-7-5-3-4-6-11-7/h8,15H,3-6H2,1-2H3,(H,11,12)(H,13,14)/t8-/m1/s1. The highest BCUT2D eigenvalue weighted by Gasteiger charge is 2.32. The van der Waals surface area contributed by atoms with E-state index in [1.165, 1.54) is 0 Å². The van der Waals surface area contributed by atoms with Crippen molar-refractivity contribution in [3.63, 3.8) is 0 Å². The second-order valence-electron chi connectivity index (χ2n) is 4.35. The number of carboxylic acid groups (broad SMARTS) is 1. The lowest BCUT2D eigenvalue weighted by molar-refractivity contribution is -0.139. The average molecular weight is 230 g/mol. The van der Waals surface area contributed by atoms with Crippen molar-refractivity contribution < 1.29 is 9.90 Å². The first-order valence-electron chi connectivity index (χ1n) is 5.16. The summed E-state index contributed by atoms with van der Waals surface area (Å²) in [6, 6.07) is -0.697. The zero-order valence-electron chi connectivity index (χ0n) is 9.16. The molecule has 5 heteroatoms. The molecular weight excluding hydrogens is 212 g/mol. The highest BCUT2D eigenvalue weighted by Crippen LogP contribution is 2.18. The summed E-state index contributed by atoms with van der Waals surface area (Å²) >= 11 is 4.29. The second-order valence-corrected chi connectivity index (χ2v) is 5.51. The molecule has 4 nitrogen and oxygen atoms in total. The Hall–Kier alpha value is -0.710. The van der Waals surface area contributed by atoms with Crippen LogP contribution in [0.15, 0.2) is 4.99 Å². The van der Waals surface area contributed by atoms with Gasteiger partial charge in [-0.3, -0.25) is 4.99 Å². The molecule has 0 aliphatic carbocycles. The summed E-state index contributed by atoms with van der Waals surface area (Å²) in [5, 5.41) is 12.0. The van der Waals surface area contributed by atoms with E-state index >= 15 is 0 Å². The van der Waals surface area contributed by atoms with Crippen molar-refractivity contribution in [2.75, 3.05) is 6.54 Å². The summed E-state index contributed by atoms with van der Waals surface area (Å²) in [6.45, 7) is 4.36. The first kappa shape index (κ1) is 12.4. The van der Waals surface area contributed by atoms with Crippen molar-refractivity contribution in [3.8, 4) is 0 Å². The van der Waals surface area contributed by atoms with Crippen molar-refractivity contribution in [2.24, 2.45) is 4.99 Å². The molecule has 1 heterocycles. The molecule has 1 aliphatic rings. The van der Waals surface area contributed by atoms with Gasteiger partial charge in [0.1, 0.15) is 6.04 Å². The number of amidine groups is 1. The predicted molar refractivity (Wildman–Crippen MR) is 63.8 cm³/mol. The molecule has 1 atom stereocenters. The van der Waals surface area contributed by atoms with Crippen molar-refractivity contribution in [2.45, 2.75) is 43.9 Å². The van der Waals surface area contributed by atoms with E-state index in [4.69, 9.17) is 5.11 Å². The zero-order valence-corrected chi connectivity index (χ0v) is 10.1. The molecular formula is C10H18N2O2S. The van der Waals surface area contributed by atoms with Crippen molar-refractivity contribution >= 4 is 24.4 Å². The minimum Gasteiger partial charge on any atom is -0.480 e. The number of aliphatic imine (C=N–C) groups is 1. The summed E-state index contributed by atoms with van der Waals surface area (Å²) in [5.74, 6) is -0.0842. The Balaban J connectivity index is 2.66. The highest BCUT2D eigenvalue weighted by atomic mass is 32.1. The minimum absolute atomic E-state index is 0.605. The van der Waals surface area contributed by atoms with E-state index in [1.807, 2.05) is 0 Å². The normalized spacial score (nSPS) is 19.3.